The Hall–Kier alpha value is -0.0800. The zero-order chi connectivity index (χ0) is 13.0. The molecule has 2 aliphatic rings. The van der Waals surface area contributed by atoms with Crippen LogP contribution in [0.15, 0.2) is 0 Å². The summed E-state index contributed by atoms with van der Waals surface area (Å²) in [5.41, 5.74) is 0.409. The van der Waals surface area contributed by atoms with Crippen molar-refractivity contribution in [3.8, 4) is 0 Å². The lowest BCUT2D eigenvalue weighted by Gasteiger charge is -2.37. The van der Waals surface area contributed by atoms with Crippen molar-refractivity contribution in [2.45, 2.75) is 77.9 Å². The van der Waals surface area contributed by atoms with E-state index in [1.165, 1.54) is 44.9 Å². The molecular weight excluding hydrogens is 222 g/mol. The van der Waals surface area contributed by atoms with E-state index in [9.17, 15) is 0 Å². The van der Waals surface area contributed by atoms with Crippen molar-refractivity contribution in [1.29, 1.82) is 0 Å². The molecule has 0 spiro atoms. The van der Waals surface area contributed by atoms with Gasteiger partial charge in [-0.15, -0.1) is 0 Å². The Bertz CT molecular complexity index is 247. The van der Waals surface area contributed by atoms with E-state index < -0.39 is 0 Å². The number of hydrogen-bond donors (Lipinski definition) is 1. The molecule has 2 unspecified atom stereocenters. The van der Waals surface area contributed by atoms with Crippen LogP contribution in [0.2, 0.25) is 0 Å². The van der Waals surface area contributed by atoms with Gasteiger partial charge in [-0.3, -0.25) is 0 Å². The fourth-order valence-corrected chi connectivity index (χ4v) is 3.76. The SMILES string of the molecule is CC(C)NCC1(CC2CCCCC2)CCOC1C. The minimum absolute atomic E-state index is 0.409. The second kappa shape index (κ2) is 6.38. The summed E-state index contributed by atoms with van der Waals surface area (Å²) in [5.74, 6) is 0.955. The Morgan fingerprint density at radius 3 is 2.50 bits per heavy atom. The molecule has 2 atom stereocenters. The maximum Gasteiger partial charge on any atom is 0.0616 e. The molecule has 1 aliphatic carbocycles. The summed E-state index contributed by atoms with van der Waals surface area (Å²) in [6.45, 7) is 8.89. The van der Waals surface area contributed by atoms with Crippen LogP contribution in [0, 0.1) is 11.3 Å². The summed E-state index contributed by atoms with van der Waals surface area (Å²) in [4.78, 5) is 0. The molecule has 1 heterocycles. The number of rotatable bonds is 5. The first-order valence-corrected chi connectivity index (χ1v) is 7.97. The molecule has 1 saturated heterocycles. The first-order valence-electron chi connectivity index (χ1n) is 7.97. The Morgan fingerprint density at radius 1 is 1.22 bits per heavy atom. The minimum Gasteiger partial charge on any atom is -0.378 e. The van der Waals surface area contributed by atoms with Gasteiger partial charge >= 0.3 is 0 Å². The highest BCUT2D eigenvalue weighted by molar-refractivity contribution is 4.93. The van der Waals surface area contributed by atoms with Gasteiger partial charge in [-0.2, -0.15) is 0 Å². The molecule has 2 rings (SSSR count). The first kappa shape index (κ1) is 14.3. The van der Waals surface area contributed by atoms with Gasteiger partial charge in [0, 0.05) is 24.6 Å². The Morgan fingerprint density at radius 2 is 1.94 bits per heavy atom. The van der Waals surface area contributed by atoms with Gasteiger partial charge in [0.05, 0.1) is 6.10 Å². The van der Waals surface area contributed by atoms with Crippen LogP contribution < -0.4 is 5.32 Å². The lowest BCUT2D eigenvalue weighted by atomic mass is 9.71. The van der Waals surface area contributed by atoms with Gasteiger partial charge in [0.25, 0.3) is 0 Å². The molecule has 0 aromatic rings. The van der Waals surface area contributed by atoms with Gasteiger partial charge in [-0.1, -0.05) is 46.0 Å². The van der Waals surface area contributed by atoms with Gasteiger partial charge in [-0.05, 0) is 25.7 Å². The van der Waals surface area contributed by atoms with Crippen molar-refractivity contribution < 1.29 is 4.74 Å². The summed E-state index contributed by atoms with van der Waals surface area (Å²) in [6, 6.07) is 0.584. The molecule has 18 heavy (non-hydrogen) atoms. The third-order valence-electron chi connectivity index (χ3n) is 5.11. The van der Waals surface area contributed by atoms with Crippen LogP contribution in [0.4, 0.5) is 0 Å². The summed E-state index contributed by atoms with van der Waals surface area (Å²) < 4.78 is 5.90. The van der Waals surface area contributed by atoms with Crippen molar-refractivity contribution in [2.75, 3.05) is 13.2 Å². The van der Waals surface area contributed by atoms with Crippen molar-refractivity contribution in [1.82, 2.24) is 5.32 Å². The van der Waals surface area contributed by atoms with Crippen LogP contribution in [0.25, 0.3) is 0 Å². The summed E-state index contributed by atoms with van der Waals surface area (Å²) in [5, 5.41) is 3.67. The van der Waals surface area contributed by atoms with E-state index in [1.54, 1.807) is 0 Å². The maximum absolute atomic E-state index is 5.90. The highest BCUT2D eigenvalue weighted by Gasteiger charge is 2.42. The van der Waals surface area contributed by atoms with E-state index in [4.69, 9.17) is 4.74 Å². The fraction of sp³-hybridized carbons (Fsp3) is 1.00. The van der Waals surface area contributed by atoms with Crippen molar-refractivity contribution >= 4 is 0 Å². The molecule has 0 aromatic carbocycles. The standard InChI is InChI=1S/C16H31NO/c1-13(2)17-12-16(9-10-18-14(16)3)11-15-7-5-4-6-8-15/h13-15,17H,4-12H2,1-3H3. The zero-order valence-electron chi connectivity index (χ0n) is 12.5. The van der Waals surface area contributed by atoms with Gasteiger partial charge in [0.2, 0.25) is 0 Å². The Kier molecular flexibility index (Phi) is 5.08. The molecule has 2 nitrogen and oxygen atoms in total. The summed E-state index contributed by atoms with van der Waals surface area (Å²) in [6.07, 6.45) is 10.3. The molecule has 0 aromatic heterocycles. The van der Waals surface area contributed by atoms with Crippen molar-refractivity contribution in [3.05, 3.63) is 0 Å². The summed E-state index contributed by atoms with van der Waals surface area (Å²) in [7, 11) is 0. The Labute approximate surface area is 113 Å². The quantitative estimate of drug-likeness (QED) is 0.805. The second-order valence-corrected chi connectivity index (χ2v) is 6.87. The van der Waals surface area contributed by atoms with Crippen molar-refractivity contribution in [3.63, 3.8) is 0 Å². The first-order chi connectivity index (χ1) is 8.62. The van der Waals surface area contributed by atoms with Crippen molar-refractivity contribution in [2.24, 2.45) is 11.3 Å². The van der Waals surface area contributed by atoms with E-state index in [2.05, 4.69) is 26.1 Å². The normalized spacial score (nSPS) is 34.3. The summed E-state index contributed by atoms with van der Waals surface area (Å²) >= 11 is 0. The molecule has 0 bridgehead atoms. The van der Waals surface area contributed by atoms with Gasteiger partial charge in [0.15, 0.2) is 0 Å². The third kappa shape index (κ3) is 3.48. The molecule has 2 heteroatoms. The van der Waals surface area contributed by atoms with E-state index in [-0.39, 0.29) is 0 Å². The number of ether oxygens (including phenoxy) is 1. The third-order valence-corrected chi connectivity index (χ3v) is 5.11. The predicted octanol–water partition coefficient (Wildman–Crippen LogP) is 3.75. The Balaban J connectivity index is 1.95. The topological polar surface area (TPSA) is 21.3 Å². The molecule has 0 radical (unpaired) electrons. The predicted molar refractivity (Wildman–Crippen MR) is 76.8 cm³/mol. The molecule has 1 N–H and O–H groups in total. The fourth-order valence-electron chi connectivity index (χ4n) is 3.76. The van der Waals surface area contributed by atoms with Gasteiger partial charge in [-0.25, -0.2) is 0 Å². The van der Waals surface area contributed by atoms with E-state index >= 15 is 0 Å². The lowest BCUT2D eigenvalue weighted by molar-refractivity contribution is 0.0440. The molecule has 2 fully saturated rings. The maximum atomic E-state index is 5.90. The van der Waals surface area contributed by atoms with Gasteiger partial charge < -0.3 is 10.1 Å². The van der Waals surface area contributed by atoms with E-state index in [0.29, 0.717) is 17.6 Å². The average Bonchev–Trinajstić information content (AvgIpc) is 2.70. The second-order valence-electron chi connectivity index (χ2n) is 6.87. The van der Waals surface area contributed by atoms with Crippen LogP contribution in [0.5, 0.6) is 0 Å². The highest BCUT2D eigenvalue weighted by atomic mass is 16.5. The van der Waals surface area contributed by atoms with Crippen LogP contribution in [0.1, 0.15) is 65.7 Å². The van der Waals surface area contributed by atoms with Crippen LogP contribution in [-0.4, -0.2) is 25.3 Å². The number of hydrogen-bond acceptors (Lipinski definition) is 2. The zero-order valence-corrected chi connectivity index (χ0v) is 12.5. The number of nitrogens with one attached hydrogen (secondary N) is 1. The van der Waals surface area contributed by atoms with Crippen LogP contribution in [0.3, 0.4) is 0 Å². The molecule has 106 valence electrons. The largest absolute Gasteiger partial charge is 0.378 e. The van der Waals surface area contributed by atoms with E-state index in [1.807, 2.05) is 0 Å². The molecular formula is C16H31NO. The monoisotopic (exact) mass is 253 g/mol. The smallest absolute Gasteiger partial charge is 0.0616 e. The lowest BCUT2D eigenvalue weighted by Crippen LogP contribution is -2.43. The molecule has 1 saturated carbocycles. The molecule has 0 amide bonds. The molecule has 1 aliphatic heterocycles. The van der Waals surface area contributed by atoms with Crippen LogP contribution >= 0.6 is 0 Å². The highest BCUT2D eigenvalue weighted by Crippen LogP contribution is 2.43. The van der Waals surface area contributed by atoms with Gasteiger partial charge in [0.1, 0.15) is 0 Å². The van der Waals surface area contributed by atoms with Crippen LogP contribution in [-0.2, 0) is 4.74 Å². The minimum atomic E-state index is 0.409. The van der Waals surface area contributed by atoms with E-state index in [0.717, 1.165) is 19.1 Å². The average molecular weight is 253 g/mol.